The number of carbonyl (C=O) groups is 1. The average molecular weight is 268 g/mol. The van der Waals surface area contributed by atoms with Crippen LogP contribution in [0.25, 0.3) is 0 Å². The van der Waals surface area contributed by atoms with Crippen molar-refractivity contribution >= 4 is 5.78 Å². The number of aliphatic hydroxyl groups is 1. The lowest BCUT2D eigenvalue weighted by Crippen LogP contribution is -2.40. The second kappa shape index (κ2) is 7.39. The number of ether oxygens (including phenoxy) is 1. The van der Waals surface area contributed by atoms with E-state index >= 15 is 0 Å². The van der Waals surface area contributed by atoms with Crippen LogP contribution in [0.2, 0.25) is 0 Å². The molecule has 2 saturated carbocycles. The maximum Gasteiger partial charge on any atom is 0.141 e. The number of hydrogen-bond donors (Lipinski definition) is 1. The molecular weight excluding hydrogens is 240 g/mol. The Bertz CT molecular complexity index is 284. The molecule has 3 atom stereocenters. The van der Waals surface area contributed by atoms with Gasteiger partial charge < -0.3 is 9.84 Å². The van der Waals surface area contributed by atoms with Crippen molar-refractivity contribution in [2.75, 3.05) is 6.61 Å². The third-order valence-electron chi connectivity index (χ3n) is 4.70. The minimum Gasteiger partial charge on any atom is -0.392 e. The van der Waals surface area contributed by atoms with Gasteiger partial charge in [0, 0.05) is 24.9 Å². The van der Waals surface area contributed by atoms with E-state index in [2.05, 4.69) is 6.92 Å². The van der Waals surface area contributed by atoms with Crippen LogP contribution >= 0.6 is 0 Å². The van der Waals surface area contributed by atoms with Gasteiger partial charge in [-0.25, -0.2) is 0 Å². The first-order valence-electron chi connectivity index (χ1n) is 8.05. The molecule has 0 aromatic heterocycles. The van der Waals surface area contributed by atoms with Crippen LogP contribution in [-0.2, 0) is 9.53 Å². The zero-order valence-corrected chi connectivity index (χ0v) is 12.1. The first-order valence-corrected chi connectivity index (χ1v) is 8.05. The molecule has 0 radical (unpaired) electrons. The summed E-state index contributed by atoms with van der Waals surface area (Å²) in [4.78, 5) is 12.5. The van der Waals surface area contributed by atoms with Crippen LogP contribution in [0.15, 0.2) is 0 Å². The van der Waals surface area contributed by atoms with E-state index in [1.807, 2.05) is 0 Å². The van der Waals surface area contributed by atoms with Crippen LogP contribution in [0.1, 0.15) is 64.7 Å². The fourth-order valence-corrected chi connectivity index (χ4v) is 3.57. The third kappa shape index (κ3) is 4.03. The predicted octanol–water partition coefficient (Wildman–Crippen LogP) is 3.09. The smallest absolute Gasteiger partial charge is 0.141 e. The van der Waals surface area contributed by atoms with Crippen molar-refractivity contribution in [2.24, 2.45) is 11.8 Å². The summed E-state index contributed by atoms with van der Waals surface area (Å²) in [6.07, 6.45) is 8.78. The Morgan fingerprint density at radius 3 is 2.53 bits per heavy atom. The highest BCUT2D eigenvalue weighted by Crippen LogP contribution is 2.33. The van der Waals surface area contributed by atoms with Crippen molar-refractivity contribution in [3.05, 3.63) is 0 Å². The molecule has 0 aromatic rings. The Morgan fingerprint density at radius 1 is 1.16 bits per heavy atom. The van der Waals surface area contributed by atoms with Crippen molar-refractivity contribution in [3.8, 4) is 0 Å². The van der Waals surface area contributed by atoms with Gasteiger partial charge >= 0.3 is 0 Å². The Hall–Kier alpha value is -0.410. The fraction of sp³-hybridized carbons (Fsp3) is 0.938. The Kier molecular flexibility index (Phi) is 5.83. The third-order valence-corrected chi connectivity index (χ3v) is 4.70. The number of rotatable bonds is 5. The lowest BCUT2D eigenvalue weighted by atomic mass is 9.74. The largest absolute Gasteiger partial charge is 0.392 e. The van der Waals surface area contributed by atoms with Gasteiger partial charge in [-0.05, 0) is 32.1 Å². The summed E-state index contributed by atoms with van der Waals surface area (Å²) in [5, 5.41) is 10.2. The van der Waals surface area contributed by atoms with E-state index in [9.17, 15) is 9.90 Å². The number of carbonyl (C=O) groups excluding carboxylic acids is 1. The lowest BCUT2D eigenvalue weighted by Gasteiger charge is -2.34. The summed E-state index contributed by atoms with van der Waals surface area (Å²) in [5.41, 5.74) is 0. The molecule has 19 heavy (non-hydrogen) atoms. The molecular formula is C16H28O3. The van der Waals surface area contributed by atoms with Crippen LogP contribution < -0.4 is 0 Å². The monoisotopic (exact) mass is 268 g/mol. The van der Waals surface area contributed by atoms with Crippen molar-refractivity contribution in [3.63, 3.8) is 0 Å². The normalized spacial score (nSPS) is 33.3. The first kappa shape index (κ1) is 15.0. The van der Waals surface area contributed by atoms with Gasteiger partial charge in [0.1, 0.15) is 5.78 Å². The molecule has 2 aliphatic rings. The zero-order chi connectivity index (χ0) is 13.7. The van der Waals surface area contributed by atoms with E-state index < -0.39 is 6.10 Å². The Labute approximate surface area is 116 Å². The van der Waals surface area contributed by atoms with E-state index in [4.69, 9.17) is 4.74 Å². The lowest BCUT2D eigenvalue weighted by molar-refractivity contribution is -0.135. The molecule has 0 aliphatic heterocycles. The fourth-order valence-electron chi connectivity index (χ4n) is 3.57. The summed E-state index contributed by atoms with van der Waals surface area (Å²) in [6, 6.07) is 0. The minimum absolute atomic E-state index is 0.121. The van der Waals surface area contributed by atoms with Gasteiger partial charge in [-0.1, -0.05) is 26.2 Å². The second-order valence-corrected chi connectivity index (χ2v) is 6.22. The van der Waals surface area contributed by atoms with E-state index in [1.54, 1.807) is 0 Å². The molecule has 3 nitrogen and oxygen atoms in total. The summed E-state index contributed by atoms with van der Waals surface area (Å²) in [5.74, 6) is 0.437. The highest BCUT2D eigenvalue weighted by Gasteiger charge is 2.37. The summed E-state index contributed by atoms with van der Waals surface area (Å²) >= 11 is 0. The van der Waals surface area contributed by atoms with Gasteiger partial charge in [0.05, 0.1) is 12.2 Å². The number of ketones is 1. The molecule has 2 rings (SSSR count). The van der Waals surface area contributed by atoms with E-state index in [0.717, 1.165) is 38.7 Å². The molecule has 0 aromatic carbocycles. The van der Waals surface area contributed by atoms with Crippen molar-refractivity contribution in [2.45, 2.75) is 76.9 Å². The first-order chi connectivity index (χ1) is 9.22. The SMILES string of the molecule is CCCOC1CCC(C(=O)C2CCCCC2)C(O)C1. The number of aliphatic hydroxyl groups excluding tert-OH is 1. The summed E-state index contributed by atoms with van der Waals surface area (Å²) in [7, 11) is 0. The van der Waals surface area contributed by atoms with Crippen molar-refractivity contribution in [1.29, 1.82) is 0 Å². The molecule has 0 bridgehead atoms. The molecule has 0 amide bonds. The minimum atomic E-state index is -0.481. The zero-order valence-electron chi connectivity index (χ0n) is 12.1. The quantitative estimate of drug-likeness (QED) is 0.833. The average Bonchev–Trinajstić information content (AvgIpc) is 2.45. The molecule has 110 valence electrons. The topological polar surface area (TPSA) is 46.5 Å². The van der Waals surface area contributed by atoms with Crippen LogP contribution in [-0.4, -0.2) is 29.7 Å². The summed E-state index contributed by atoms with van der Waals surface area (Å²) in [6.45, 7) is 2.85. The molecule has 0 spiro atoms. The van der Waals surface area contributed by atoms with Gasteiger partial charge in [0.25, 0.3) is 0 Å². The molecule has 3 unspecified atom stereocenters. The van der Waals surface area contributed by atoms with Gasteiger partial charge in [0.15, 0.2) is 0 Å². The molecule has 2 aliphatic carbocycles. The molecule has 1 N–H and O–H groups in total. The molecule has 0 heterocycles. The van der Waals surface area contributed by atoms with E-state index in [1.165, 1.54) is 19.3 Å². The van der Waals surface area contributed by atoms with Gasteiger partial charge in [-0.2, -0.15) is 0 Å². The van der Waals surface area contributed by atoms with Crippen molar-refractivity contribution in [1.82, 2.24) is 0 Å². The van der Waals surface area contributed by atoms with E-state index in [0.29, 0.717) is 12.2 Å². The standard InChI is InChI=1S/C16H28O3/c1-2-10-19-13-8-9-14(15(17)11-13)16(18)12-6-4-3-5-7-12/h12-15,17H,2-11H2,1H3. The highest BCUT2D eigenvalue weighted by atomic mass is 16.5. The highest BCUT2D eigenvalue weighted by molar-refractivity contribution is 5.84. The molecule has 0 saturated heterocycles. The number of Topliss-reactive ketones (excluding diaryl/α,β-unsaturated/α-hetero) is 1. The van der Waals surface area contributed by atoms with Gasteiger partial charge in [0.2, 0.25) is 0 Å². The van der Waals surface area contributed by atoms with Crippen molar-refractivity contribution < 1.29 is 14.6 Å². The Balaban J connectivity index is 1.83. The van der Waals surface area contributed by atoms with Gasteiger partial charge in [-0.3, -0.25) is 4.79 Å². The number of hydrogen-bond acceptors (Lipinski definition) is 3. The predicted molar refractivity (Wildman–Crippen MR) is 75.0 cm³/mol. The van der Waals surface area contributed by atoms with Crippen LogP contribution in [0.3, 0.4) is 0 Å². The van der Waals surface area contributed by atoms with Gasteiger partial charge in [-0.15, -0.1) is 0 Å². The second-order valence-electron chi connectivity index (χ2n) is 6.22. The van der Waals surface area contributed by atoms with Crippen LogP contribution in [0, 0.1) is 11.8 Å². The Morgan fingerprint density at radius 2 is 1.89 bits per heavy atom. The maximum atomic E-state index is 12.5. The molecule has 2 fully saturated rings. The van der Waals surface area contributed by atoms with Crippen LogP contribution in [0.5, 0.6) is 0 Å². The maximum absolute atomic E-state index is 12.5. The summed E-state index contributed by atoms with van der Waals surface area (Å²) < 4.78 is 5.70. The van der Waals surface area contributed by atoms with Crippen LogP contribution in [0.4, 0.5) is 0 Å². The molecule has 3 heteroatoms. The van der Waals surface area contributed by atoms with E-state index in [-0.39, 0.29) is 17.9 Å².